The standard InChI is InChI=1S/C6H6Cl2N2S/c1-11-3-4-2-5(7)10-6(8)9-4/h2H,3H2,1H3/p+1. The number of rotatable bonds is 2. The number of hydrogen-bond donors (Lipinski definition) is 0. The van der Waals surface area contributed by atoms with Gasteiger partial charge in [-0.2, -0.15) is 0 Å². The molecule has 0 bridgehead atoms. The smallest absolute Gasteiger partial charge is 0.218 e. The third-order valence-corrected chi connectivity index (χ3v) is 2.04. The maximum Gasteiger partial charge on any atom is 0.224 e. The van der Waals surface area contributed by atoms with Gasteiger partial charge in [-0.1, -0.05) is 11.6 Å². The lowest BCUT2D eigenvalue weighted by Gasteiger charge is -1.94. The summed E-state index contributed by atoms with van der Waals surface area (Å²) in [6.07, 6.45) is 2.05. The largest absolute Gasteiger partial charge is 0.224 e. The van der Waals surface area contributed by atoms with Crippen LogP contribution in [0.15, 0.2) is 6.07 Å². The van der Waals surface area contributed by atoms with Crippen LogP contribution in [0.5, 0.6) is 0 Å². The predicted molar refractivity (Wildman–Crippen MR) is 50.4 cm³/mol. The maximum absolute atomic E-state index is 5.65. The van der Waals surface area contributed by atoms with E-state index < -0.39 is 0 Å². The summed E-state index contributed by atoms with van der Waals surface area (Å²) in [5, 5.41) is 0.625. The third-order valence-electron chi connectivity index (χ3n) is 1.04. The Morgan fingerprint density at radius 1 is 1.45 bits per heavy atom. The molecule has 1 heterocycles. The van der Waals surface area contributed by atoms with Crippen LogP contribution >= 0.6 is 23.2 Å². The van der Waals surface area contributed by atoms with Gasteiger partial charge >= 0.3 is 0 Å². The lowest BCUT2D eigenvalue weighted by atomic mass is 10.5. The Bertz CT molecular complexity index is 234. The molecule has 5 heteroatoms. The quantitative estimate of drug-likeness (QED) is 0.321. The maximum atomic E-state index is 5.65. The van der Waals surface area contributed by atoms with E-state index in [1.807, 2.05) is 6.26 Å². The molecule has 11 heavy (non-hydrogen) atoms. The number of aromatic nitrogens is 2. The molecule has 0 aromatic carbocycles. The molecule has 1 aromatic heterocycles. The zero-order valence-corrected chi connectivity index (χ0v) is 8.29. The topological polar surface area (TPSA) is 25.8 Å². The van der Waals surface area contributed by atoms with Crippen molar-refractivity contribution >= 4 is 35.0 Å². The van der Waals surface area contributed by atoms with Gasteiger partial charge in [-0.25, -0.2) is 9.97 Å². The minimum atomic E-state index is 0.219. The van der Waals surface area contributed by atoms with E-state index >= 15 is 0 Å². The molecule has 0 aliphatic heterocycles. The van der Waals surface area contributed by atoms with Crippen LogP contribution in [0.1, 0.15) is 5.69 Å². The van der Waals surface area contributed by atoms with E-state index in [9.17, 15) is 0 Å². The third kappa shape index (κ3) is 2.85. The number of halogens is 2. The molecular weight excluding hydrogens is 203 g/mol. The van der Waals surface area contributed by atoms with E-state index in [-0.39, 0.29) is 5.28 Å². The highest BCUT2D eigenvalue weighted by molar-refractivity contribution is 7.76. The fraction of sp³-hybridized carbons (Fsp3) is 0.333. The Balaban J connectivity index is 2.89. The van der Waals surface area contributed by atoms with Crippen molar-refractivity contribution in [2.45, 2.75) is 5.75 Å². The second-order valence-electron chi connectivity index (χ2n) is 1.93. The van der Waals surface area contributed by atoms with Gasteiger partial charge < -0.3 is 0 Å². The van der Waals surface area contributed by atoms with Gasteiger partial charge in [-0.3, -0.25) is 0 Å². The first kappa shape index (κ1) is 9.10. The molecule has 0 aliphatic rings. The molecule has 0 saturated carbocycles. The molecule has 0 spiro atoms. The van der Waals surface area contributed by atoms with E-state index in [0.29, 0.717) is 5.15 Å². The van der Waals surface area contributed by atoms with Crippen LogP contribution in [0.3, 0.4) is 0 Å². The second-order valence-corrected chi connectivity index (χ2v) is 3.60. The molecule has 0 amide bonds. The summed E-state index contributed by atoms with van der Waals surface area (Å²) in [7, 11) is 0. The molecule has 1 rings (SSSR count). The normalized spacial score (nSPS) is 10.1. The summed E-state index contributed by atoms with van der Waals surface area (Å²) in [5.74, 6) is 0.863. The Morgan fingerprint density at radius 3 is 2.73 bits per heavy atom. The van der Waals surface area contributed by atoms with Crippen LogP contribution in [-0.4, -0.2) is 16.2 Å². The van der Waals surface area contributed by atoms with E-state index in [0.717, 1.165) is 11.4 Å². The first-order chi connectivity index (χ1) is 5.22. The lowest BCUT2D eigenvalue weighted by molar-refractivity contribution is 1.09. The zero-order chi connectivity index (χ0) is 8.27. The molecule has 0 fully saturated rings. The lowest BCUT2D eigenvalue weighted by Crippen LogP contribution is -1.93. The van der Waals surface area contributed by atoms with Gasteiger partial charge in [0.05, 0.1) is 11.9 Å². The Hall–Kier alpha value is 0.01000. The molecule has 0 atom stereocenters. The van der Waals surface area contributed by atoms with E-state index in [2.05, 4.69) is 9.97 Å². The van der Waals surface area contributed by atoms with E-state index in [1.54, 1.807) is 6.07 Å². The number of thiol groups is 1. The summed E-state index contributed by atoms with van der Waals surface area (Å²) in [6, 6.07) is 1.73. The summed E-state index contributed by atoms with van der Waals surface area (Å²) < 4.78 is 0. The van der Waals surface area contributed by atoms with Crippen LogP contribution in [0.25, 0.3) is 0 Å². The number of hydrogen-bond acceptors (Lipinski definition) is 2. The molecule has 1 aromatic rings. The molecule has 0 radical (unpaired) electrons. The first-order valence-electron chi connectivity index (χ1n) is 2.97. The van der Waals surface area contributed by atoms with Gasteiger partial charge in [0.25, 0.3) is 0 Å². The van der Waals surface area contributed by atoms with Crippen LogP contribution in [0.4, 0.5) is 0 Å². The van der Waals surface area contributed by atoms with Crippen molar-refractivity contribution in [2.24, 2.45) is 0 Å². The van der Waals surface area contributed by atoms with Crippen molar-refractivity contribution in [3.8, 4) is 0 Å². The van der Waals surface area contributed by atoms with Gasteiger partial charge in [0.1, 0.15) is 10.9 Å². The summed E-state index contributed by atoms with van der Waals surface area (Å²) in [5.41, 5.74) is 0.888. The summed E-state index contributed by atoms with van der Waals surface area (Å²) in [4.78, 5) is 7.72. The predicted octanol–water partition coefficient (Wildman–Crippen LogP) is 1.73. The van der Waals surface area contributed by atoms with Crippen molar-refractivity contribution in [1.29, 1.82) is 0 Å². The van der Waals surface area contributed by atoms with Crippen molar-refractivity contribution in [2.75, 3.05) is 6.26 Å². The van der Waals surface area contributed by atoms with Crippen LogP contribution in [0, 0.1) is 0 Å². The molecule has 0 unspecified atom stereocenters. The van der Waals surface area contributed by atoms with Crippen molar-refractivity contribution in [1.82, 2.24) is 9.97 Å². The van der Waals surface area contributed by atoms with Crippen LogP contribution in [-0.2, 0) is 17.5 Å². The molecule has 0 saturated heterocycles. The average Bonchev–Trinajstić information content (AvgIpc) is 1.85. The van der Waals surface area contributed by atoms with Gasteiger partial charge in [-0.15, -0.1) is 0 Å². The molecular formula is C6H7Cl2N2S+. The van der Waals surface area contributed by atoms with Crippen LogP contribution < -0.4 is 0 Å². The minimum absolute atomic E-state index is 0.219. The van der Waals surface area contributed by atoms with Crippen molar-refractivity contribution in [3.63, 3.8) is 0 Å². The highest BCUT2D eigenvalue weighted by Gasteiger charge is 2.02. The molecule has 2 nitrogen and oxygen atoms in total. The average molecular weight is 210 g/mol. The molecule has 0 N–H and O–H groups in total. The van der Waals surface area contributed by atoms with E-state index in [1.165, 1.54) is 11.8 Å². The monoisotopic (exact) mass is 209 g/mol. The first-order valence-corrected chi connectivity index (χ1v) is 5.25. The van der Waals surface area contributed by atoms with E-state index in [4.69, 9.17) is 23.2 Å². The van der Waals surface area contributed by atoms with Crippen LogP contribution in [0.2, 0.25) is 10.4 Å². The highest BCUT2D eigenvalue weighted by Crippen LogP contribution is 2.10. The summed E-state index contributed by atoms with van der Waals surface area (Å²) in [6.45, 7) is 0. The van der Waals surface area contributed by atoms with Crippen molar-refractivity contribution < 1.29 is 0 Å². The fourth-order valence-electron chi connectivity index (χ4n) is 0.677. The minimum Gasteiger partial charge on any atom is -0.218 e. The number of nitrogens with zero attached hydrogens (tertiary/aromatic N) is 2. The van der Waals surface area contributed by atoms with Gasteiger partial charge in [-0.05, 0) is 23.4 Å². The Kier molecular flexibility index (Phi) is 3.43. The van der Waals surface area contributed by atoms with Gasteiger partial charge in [0, 0.05) is 6.07 Å². The highest BCUT2D eigenvalue weighted by atomic mass is 35.5. The fourth-order valence-corrected chi connectivity index (χ4v) is 1.61. The second kappa shape index (κ2) is 4.14. The van der Waals surface area contributed by atoms with Crippen molar-refractivity contribution in [3.05, 3.63) is 22.2 Å². The molecule has 0 aliphatic carbocycles. The summed E-state index contributed by atoms with van der Waals surface area (Å²) >= 11 is 12.5. The van der Waals surface area contributed by atoms with Gasteiger partial charge in [0.2, 0.25) is 5.28 Å². The zero-order valence-electron chi connectivity index (χ0n) is 5.88. The Labute approximate surface area is 79.3 Å². The SMILES string of the molecule is C[SH+]Cc1cc(Cl)nc(Cl)n1. The Morgan fingerprint density at radius 2 is 2.18 bits per heavy atom. The molecule has 60 valence electrons. The van der Waals surface area contributed by atoms with Gasteiger partial charge in [0.15, 0.2) is 0 Å².